The number of carbonyl (C=O) groups is 1. The molecule has 6 nitrogen and oxygen atoms in total. The Morgan fingerprint density at radius 2 is 1.88 bits per heavy atom. The molecule has 7 heteroatoms. The third-order valence-corrected chi connectivity index (χ3v) is 4.69. The number of carbonyl (C=O) groups excluding carboxylic acids is 1. The largest absolute Gasteiger partial charge is 0.380 e. The van der Waals surface area contributed by atoms with Gasteiger partial charge in [-0.05, 0) is 72.7 Å². The summed E-state index contributed by atoms with van der Waals surface area (Å²) in [5, 5.41) is 12.2. The zero-order valence-corrected chi connectivity index (χ0v) is 17.3. The molecule has 1 N–H and O–H groups in total. The fourth-order valence-corrected chi connectivity index (χ4v) is 3.78. The first-order valence-electron chi connectivity index (χ1n) is 7.97. The van der Waals surface area contributed by atoms with E-state index in [1.54, 1.807) is 13.0 Å². The number of aryl methyl sites for hydroxylation is 3. The van der Waals surface area contributed by atoms with Gasteiger partial charge < -0.3 is 14.6 Å². The van der Waals surface area contributed by atoms with Crippen LogP contribution in [0.1, 0.15) is 27.9 Å². The van der Waals surface area contributed by atoms with Crippen molar-refractivity contribution in [3.05, 3.63) is 60.1 Å². The van der Waals surface area contributed by atoms with E-state index in [0.29, 0.717) is 11.3 Å². The summed E-state index contributed by atoms with van der Waals surface area (Å²) < 4.78 is 7.44. The number of methoxy groups -OCH3 is 1. The number of anilines is 1. The minimum Gasteiger partial charge on any atom is -0.380 e. The van der Waals surface area contributed by atoms with E-state index in [0.717, 1.165) is 20.4 Å². The summed E-state index contributed by atoms with van der Waals surface area (Å²) in [6.07, 6.45) is 0. The number of halogens is 1. The molecular formula is C19H20IN3O3. The minimum atomic E-state index is -0.481. The molecule has 2 aromatic rings. The van der Waals surface area contributed by atoms with Crippen molar-refractivity contribution in [3.8, 4) is 6.07 Å². The Morgan fingerprint density at radius 1 is 1.27 bits per heavy atom. The Balaban J connectivity index is 2.33. The summed E-state index contributed by atoms with van der Waals surface area (Å²) in [6, 6.07) is 7.58. The number of hydrogen-bond acceptors (Lipinski definition) is 4. The van der Waals surface area contributed by atoms with E-state index < -0.39 is 5.56 Å². The number of hydrogen-bond donors (Lipinski definition) is 1. The van der Waals surface area contributed by atoms with Crippen LogP contribution in [0.3, 0.4) is 0 Å². The molecule has 0 atom stereocenters. The molecule has 136 valence electrons. The molecule has 0 aliphatic rings. The number of aromatic nitrogens is 1. The highest BCUT2D eigenvalue weighted by Crippen LogP contribution is 2.23. The lowest BCUT2D eigenvalue weighted by atomic mass is 10.1. The van der Waals surface area contributed by atoms with Crippen molar-refractivity contribution >= 4 is 34.2 Å². The molecule has 0 bridgehead atoms. The zero-order chi connectivity index (χ0) is 19.4. The number of pyridine rings is 1. The SMILES string of the molecule is COCc1cc(C)n(CC(=O)Nc2c(C)cc(I)cc2C)c(=O)c1C#N. The Morgan fingerprint density at radius 3 is 2.42 bits per heavy atom. The topological polar surface area (TPSA) is 84.1 Å². The standard InChI is InChI=1S/C19H20IN3O3/c1-11-5-15(20)6-12(2)18(11)22-17(24)9-23-13(3)7-14(10-26-4)16(8-21)19(23)25/h5-7H,9-10H2,1-4H3,(H,22,24). The molecule has 0 unspecified atom stereocenters. The van der Waals surface area contributed by atoms with Crippen molar-refractivity contribution < 1.29 is 9.53 Å². The maximum atomic E-state index is 12.6. The van der Waals surface area contributed by atoms with Gasteiger partial charge in [0.1, 0.15) is 18.2 Å². The minimum absolute atomic E-state index is 0.00637. The third-order valence-electron chi connectivity index (χ3n) is 4.06. The van der Waals surface area contributed by atoms with Crippen molar-refractivity contribution in [1.29, 1.82) is 5.26 Å². The Kier molecular flexibility index (Phi) is 6.56. The maximum absolute atomic E-state index is 12.6. The van der Waals surface area contributed by atoms with Gasteiger partial charge in [-0.2, -0.15) is 5.26 Å². The van der Waals surface area contributed by atoms with E-state index >= 15 is 0 Å². The fraction of sp³-hybridized carbons (Fsp3) is 0.316. The second-order valence-electron chi connectivity index (χ2n) is 6.08. The number of nitrogens with one attached hydrogen (secondary N) is 1. The normalized spacial score (nSPS) is 10.5. The average Bonchev–Trinajstić information content (AvgIpc) is 2.55. The molecule has 0 spiro atoms. The lowest BCUT2D eigenvalue weighted by Crippen LogP contribution is -2.31. The van der Waals surface area contributed by atoms with Gasteiger partial charge in [0, 0.05) is 27.6 Å². The van der Waals surface area contributed by atoms with Crippen molar-refractivity contribution in [1.82, 2.24) is 4.57 Å². The highest BCUT2D eigenvalue weighted by molar-refractivity contribution is 14.1. The van der Waals surface area contributed by atoms with Gasteiger partial charge in [0.15, 0.2) is 0 Å². The summed E-state index contributed by atoms with van der Waals surface area (Å²) in [5.41, 5.74) is 3.32. The summed E-state index contributed by atoms with van der Waals surface area (Å²) in [4.78, 5) is 25.1. The first-order chi connectivity index (χ1) is 12.3. The molecule has 0 aliphatic heterocycles. The zero-order valence-electron chi connectivity index (χ0n) is 15.1. The lowest BCUT2D eigenvalue weighted by Gasteiger charge is -2.15. The van der Waals surface area contributed by atoms with Crippen LogP contribution in [0.5, 0.6) is 0 Å². The molecule has 1 aromatic carbocycles. The van der Waals surface area contributed by atoms with E-state index in [-0.39, 0.29) is 24.6 Å². The summed E-state index contributed by atoms with van der Waals surface area (Å²) in [6.45, 7) is 5.60. The van der Waals surface area contributed by atoms with Crippen molar-refractivity contribution in [3.63, 3.8) is 0 Å². The van der Waals surface area contributed by atoms with Crippen molar-refractivity contribution in [2.75, 3.05) is 12.4 Å². The van der Waals surface area contributed by atoms with Crippen LogP contribution in [0.15, 0.2) is 23.0 Å². The number of ether oxygens (including phenoxy) is 1. The molecule has 26 heavy (non-hydrogen) atoms. The Bertz CT molecular complexity index is 935. The van der Waals surface area contributed by atoms with Crippen LogP contribution in [0, 0.1) is 35.7 Å². The van der Waals surface area contributed by atoms with Crippen molar-refractivity contribution in [2.45, 2.75) is 33.9 Å². The molecule has 0 saturated heterocycles. The molecule has 2 rings (SSSR count). The van der Waals surface area contributed by atoms with Crippen LogP contribution in [0.25, 0.3) is 0 Å². The van der Waals surface area contributed by atoms with Gasteiger partial charge in [-0.3, -0.25) is 9.59 Å². The number of rotatable bonds is 5. The van der Waals surface area contributed by atoms with Gasteiger partial charge in [-0.25, -0.2) is 0 Å². The second kappa shape index (κ2) is 8.47. The third kappa shape index (κ3) is 4.31. The summed E-state index contributed by atoms with van der Waals surface area (Å²) >= 11 is 2.23. The Hall–Kier alpha value is -2.18. The second-order valence-corrected chi connectivity index (χ2v) is 7.33. The molecule has 0 saturated carbocycles. The van der Waals surface area contributed by atoms with Gasteiger partial charge in [-0.1, -0.05) is 0 Å². The van der Waals surface area contributed by atoms with Crippen molar-refractivity contribution in [2.24, 2.45) is 0 Å². The average molecular weight is 465 g/mol. The molecular weight excluding hydrogens is 445 g/mol. The highest BCUT2D eigenvalue weighted by Gasteiger charge is 2.16. The van der Waals surface area contributed by atoms with Crippen LogP contribution in [-0.4, -0.2) is 17.6 Å². The smallest absolute Gasteiger partial charge is 0.269 e. The molecule has 0 radical (unpaired) electrons. The van der Waals surface area contributed by atoms with Crippen LogP contribution in [0.4, 0.5) is 5.69 Å². The monoisotopic (exact) mass is 465 g/mol. The lowest BCUT2D eigenvalue weighted by molar-refractivity contribution is -0.116. The van der Waals surface area contributed by atoms with Gasteiger partial charge in [0.25, 0.3) is 5.56 Å². The number of nitrogens with zero attached hydrogens (tertiary/aromatic N) is 2. The van der Waals surface area contributed by atoms with E-state index in [2.05, 4.69) is 27.9 Å². The highest BCUT2D eigenvalue weighted by atomic mass is 127. The van der Waals surface area contributed by atoms with Gasteiger partial charge in [0.2, 0.25) is 5.91 Å². The quantitative estimate of drug-likeness (QED) is 0.689. The van der Waals surface area contributed by atoms with Crippen LogP contribution in [0.2, 0.25) is 0 Å². The fourth-order valence-electron chi connectivity index (χ4n) is 2.85. The van der Waals surface area contributed by atoms with Gasteiger partial charge in [0.05, 0.1) is 6.61 Å². The first kappa shape index (κ1) is 20.1. The summed E-state index contributed by atoms with van der Waals surface area (Å²) in [5.74, 6) is -0.314. The number of nitriles is 1. The van der Waals surface area contributed by atoms with Crippen LogP contribution >= 0.6 is 22.6 Å². The number of amides is 1. The van der Waals surface area contributed by atoms with Gasteiger partial charge in [-0.15, -0.1) is 0 Å². The molecule has 1 aromatic heterocycles. The predicted molar refractivity (Wildman–Crippen MR) is 108 cm³/mol. The van der Waals surface area contributed by atoms with Crippen LogP contribution in [-0.2, 0) is 22.7 Å². The van der Waals surface area contributed by atoms with E-state index in [9.17, 15) is 14.9 Å². The predicted octanol–water partition coefficient (Wildman–Crippen LogP) is 3.03. The van der Waals surface area contributed by atoms with Gasteiger partial charge >= 0.3 is 0 Å². The molecule has 0 aliphatic carbocycles. The van der Waals surface area contributed by atoms with E-state index in [4.69, 9.17) is 4.74 Å². The Labute approximate surface area is 165 Å². The van der Waals surface area contributed by atoms with E-state index in [1.165, 1.54) is 11.7 Å². The van der Waals surface area contributed by atoms with E-state index in [1.807, 2.05) is 32.0 Å². The summed E-state index contributed by atoms with van der Waals surface area (Å²) in [7, 11) is 1.50. The first-order valence-corrected chi connectivity index (χ1v) is 9.05. The molecule has 0 fully saturated rings. The van der Waals surface area contributed by atoms with Crippen LogP contribution < -0.4 is 10.9 Å². The molecule has 1 heterocycles. The number of benzene rings is 1. The molecule has 1 amide bonds. The maximum Gasteiger partial charge on any atom is 0.269 e.